The second kappa shape index (κ2) is 4.31. The molecule has 0 unspecified atom stereocenters. The van der Waals surface area contributed by atoms with Crippen molar-refractivity contribution in [1.29, 1.82) is 0 Å². The van der Waals surface area contributed by atoms with Gasteiger partial charge in [0.1, 0.15) is 0 Å². The molecule has 3 rings (SSSR count). The van der Waals surface area contributed by atoms with E-state index in [-0.39, 0.29) is 0 Å². The normalized spacial score (nSPS) is 16.9. The summed E-state index contributed by atoms with van der Waals surface area (Å²) < 4.78 is 0. The Morgan fingerprint density at radius 3 is 3.00 bits per heavy atom. The molecular weight excluding hydrogens is 212 g/mol. The number of anilines is 1. The number of para-hydroxylation sites is 1. The zero-order chi connectivity index (χ0) is 11.7. The van der Waals surface area contributed by atoms with Crippen LogP contribution in [0.15, 0.2) is 36.5 Å². The van der Waals surface area contributed by atoms with E-state index in [1.54, 1.807) is 0 Å². The van der Waals surface area contributed by atoms with Crippen LogP contribution in [0.2, 0.25) is 0 Å². The molecule has 17 heavy (non-hydrogen) atoms. The molecule has 0 saturated carbocycles. The fourth-order valence-corrected chi connectivity index (χ4v) is 2.31. The molecule has 4 heteroatoms. The van der Waals surface area contributed by atoms with Gasteiger partial charge < -0.3 is 0 Å². The van der Waals surface area contributed by atoms with Crippen LogP contribution in [0.25, 0.3) is 10.9 Å². The van der Waals surface area contributed by atoms with Gasteiger partial charge in [0.2, 0.25) is 0 Å². The number of hydrogen-bond acceptors (Lipinski definition) is 4. The number of fused-ring (bicyclic) bond motifs is 1. The van der Waals surface area contributed by atoms with Crippen molar-refractivity contribution >= 4 is 16.6 Å². The molecule has 1 aliphatic heterocycles. The average Bonchev–Trinajstić information content (AvgIpc) is 2.86. The van der Waals surface area contributed by atoms with Crippen LogP contribution >= 0.6 is 0 Å². The largest absolute Gasteiger partial charge is 0.291 e. The van der Waals surface area contributed by atoms with E-state index in [1.807, 2.05) is 31.4 Å². The Morgan fingerprint density at radius 1 is 1.24 bits per heavy atom. The second-order valence-corrected chi connectivity index (χ2v) is 4.21. The SMILES string of the molecule is CNN1CCCN1c1cnc2ccccc2c1. The smallest absolute Gasteiger partial charge is 0.0725 e. The van der Waals surface area contributed by atoms with Crippen LogP contribution in [-0.4, -0.2) is 30.2 Å². The van der Waals surface area contributed by atoms with E-state index in [9.17, 15) is 0 Å². The Hall–Kier alpha value is -1.65. The fourth-order valence-electron chi connectivity index (χ4n) is 2.31. The van der Waals surface area contributed by atoms with Crippen LogP contribution in [0.1, 0.15) is 6.42 Å². The predicted octanol–water partition coefficient (Wildman–Crippen LogP) is 1.80. The number of pyridine rings is 1. The molecule has 4 nitrogen and oxygen atoms in total. The summed E-state index contributed by atoms with van der Waals surface area (Å²) in [6.45, 7) is 2.09. The van der Waals surface area contributed by atoms with E-state index >= 15 is 0 Å². The lowest BCUT2D eigenvalue weighted by Crippen LogP contribution is -2.44. The van der Waals surface area contributed by atoms with Gasteiger partial charge in [0, 0.05) is 25.5 Å². The highest BCUT2D eigenvalue weighted by atomic mass is 15.8. The molecule has 2 heterocycles. The standard InChI is InChI=1S/C13H16N4/c1-14-17-8-4-7-16(17)12-9-11-5-2-3-6-13(11)15-10-12/h2-3,5-6,9-10,14H,4,7-8H2,1H3. The molecule has 0 spiro atoms. The first-order valence-electron chi connectivity index (χ1n) is 5.95. The molecule has 0 atom stereocenters. The van der Waals surface area contributed by atoms with Gasteiger partial charge in [-0.2, -0.15) is 5.12 Å². The zero-order valence-corrected chi connectivity index (χ0v) is 9.93. The lowest BCUT2D eigenvalue weighted by Gasteiger charge is -2.28. The molecule has 88 valence electrons. The van der Waals surface area contributed by atoms with Crippen LogP contribution in [0, 0.1) is 0 Å². The molecule has 1 aromatic carbocycles. The minimum atomic E-state index is 1.04. The lowest BCUT2D eigenvalue weighted by molar-refractivity contribution is 0.238. The van der Waals surface area contributed by atoms with Crippen LogP contribution in [0.5, 0.6) is 0 Å². The summed E-state index contributed by atoms with van der Waals surface area (Å²) >= 11 is 0. The molecule has 1 N–H and O–H groups in total. The molecule has 2 aromatic rings. The van der Waals surface area contributed by atoms with E-state index < -0.39 is 0 Å². The maximum Gasteiger partial charge on any atom is 0.0725 e. The van der Waals surface area contributed by atoms with E-state index in [4.69, 9.17) is 0 Å². The molecule has 0 amide bonds. The van der Waals surface area contributed by atoms with Crippen molar-refractivity contribution in [1.82, 2.24) is 15.5 Å². The van der Waals surface area contributed by atoms with Crippen LogP contribution in [0.4, 0.5) is 5.69 Å². The van der Waals surface area contributed by atoms with Crippen LogP contribution < -0.4 is 10.4 Å². The van der Waals surface area contributed by atoms with Gasteiger partial charge in [0.15, 0.2) is 0 Å². The molecular formula is C13H16N4. The van der Waals surface area contributed by atoms with Crippen molar-refractivity contribution in [3.8, 4) is 0 Å². The third-order valence-corrected chi connectivity index (χ3v) is 3.16. The highest BCUT2D eigenvalue weighted by Gasteiger charge is 2.21. The van der Waals surface area contributed by atoms with Crippen LogP contribution in [-0.2, 0) is 0 Å². The Morgan fingerprint density at radius 2 is 2.12 bits per heavy atom. The van der Waals surface area contributed by atoms with Crippen LogP contribution in [0.3, 0.4) is 0 Å². The summed E-state index contributed by atoms with van der Waals surface area (Å²) in [6.07, 6.45) is 3.12. The summed E-state index contributed by atoms with van der Waals surface area (Å²) in [4.78, 5) is 4.50. The fraction of sp³-hybridized carbons (Fsp3) is 0.308. The topological polar surface area (TPSA) is 31.4 Å². The number of nitrogens with one attached hydrogen (secondary N) is 1. The first-order chi connectivity index (χ1) is 8.38. The molecule has 0 aliphatic carbocycles. The Bertz CT molecular complexity index is 526. The van der Waals surface area contributed by atoms with Gasteiger partial charge in [-0.3, -0.25) is 9.99 Å². The first-order valence-corrected chi connectivity index (χ1v) is 5.95. The summed E-state index contributed by atoms with van der Waals surface area (Å²) in [6, 6.07) is 10.4. The van der Waals surface area contributed by atoms with E-state index in [0.717, 1.165) is 24.3 Å². The van der Waals surface area contributed by atoms with Gasteiger partial charge in [-0.25, -0.2) is 5.43 Å². The number of nitrogens with zero attached hydrogens (tertiary/aromatic N) is 3. The second-order valence-electron chi connectivity index (χ2n) is 4.21. The number of aromatic nitrogens is 1. The highest BCUT2D eigenvalue weighted by Crippen LogP contribution is 2.23. The molecule has 1 saturated heterocycles. The summed E-state index contributed by atoms with van der Waals surface area (Å²) in [7, 11) is 1.95. The average molecular weight is 228 g/mol. The molecule has 1 aromatic heterocycles. The minimum absolute atomic E-state index is 1.04. The highest BCUT2D eigenvalue weighted by molar-refractivity contribution is 5.81. The van der Waals surface area contributed by atoms with Gasteiger partial charge >= 0.3 is 0 Å². The Balaban J connectivity index is 2.00. The number of hydrazine groups is 2. The first kappa shape index (κ1) is 10.5. The van der Waals surface area contributed by atoms with E-state index in [0.29, 0.717) is 0 Å². The zero-order valence-electron chi connectivity index (χ0n) is 9.93. The summed E-state index contributed by atoms with van der Waals surface area (Å²) in [5.41, 5.74) is 5.39. The molecule has 1 aliphatic rings. The number of benzene rings is 1. The molecule has 1 fully saturated rings. The van der Waals surface area contributed by atoms with Gasteiger partial charge in [-0.05, 0) is 18.6 Å². The summed E-state index contributed by atoms with van der Waals surface area (Å²) in [5, 5.41) is 5.55. The van der Waals surface area contributed by atoms with Crippen molar-refractivity contribution in [2.24, 2.45) is 0 Å². The monoisotopic (exact) mass is 228 g/mol. The number of rotatable bonds is 2. The summed E-state index contributed by atoms with van der Waals surface area (Å²) in [5.74, 6) is 0. The lowest BCUT2D eigenvalue weighted by atomic mass is 10.2. The van der Waals surface area contributed by atoms with Crippen molar-refractivity contribution in [3.05, 3.63) is 36.5 Å². The Labute approximate surface area is 101 Å². The maximum absolute atomic E-state index is 4.50. The van der Waals surface area contributed by atoms with E-state index in [1.165, 1.54) is 11.8 Å². The van der Waals surface area contributed by atoms with Crippen molar-refractivity contribution in [2.75, 3.05) is 25.1 Å². The molecule has 0 radical (unpaired) electrons. The Kier molecular flexibility index (Phi) is 2.66. The predicted molar refractivity (Wildman–Crippen MR) is 69.5 cm³/mol. The third-order valence-electron chi connectivity index (χ3n) is 3.16. The number of hydrogen-bond donors (Lipinski definition) is 1. The third kappa shape index (κ3) is 1.85. The maximum atomic E-state index is 4.50. The van der Waals surface area contributed by atoms with E-state index in [2.05, 4.69) is 32.7 Å². The van der Waals surface area contributed by atoms with Crippen molar-refractivity contribution in [3.63, 3.8) is 0 Å². The van der Waals surface area contributed by atoms with Crippen molar-refractivity contribution < 1.29 is 0 Å². The minimum Gasteiger partial charge on any atom is -0.291 e. The van der Waals surface area contributed by atoms with Gasteiger partial charge in [-0.1, -0.05) is 18.2 Å². The van der Waals surface area contributed by atoms with Gasteiger partial charge in [-0.15, -0.1) is 0 Å². The van der Waals surface area contributed by atoms with Gasteiger partial charge in [0.05, 0.1) is 17.4 Å². The quantitative estimate of drug-likeness (QED) is 0.849. The molecule has 0 bridgehead atoms. The van der Waals surface area contributed by atoms with Crippen molar-refractivity contribution in [2.45, 2.75) is 6.42 Å². The van der Waals surface area contributed by atoms with Gasteiger partial charge in [0.25, 0.3) is 0 Å².